The van der Waals surface area contributed by atoms with Crippen molar-refractivity contribution in [3.8, 4) is 17.2 Å². The van der Waals surface area contributed by atoms with E-state index in [2.05, 4.69) is 26.1 Å². The van der Waals surface area contributed by atoms with Gasteiger partial charge in [-0.15, -0.1) is 5.10 Å². The standard InChI is InChI=1S/C23H19ClN6O3/c24-19-7-5-17(6-8-19)14-33-22-4-2-1-3-18(22)13-25-27-23(31)15-32-21-11-9-20(10-12-21)30-16-26-28-29-30/h1-13,16H,14-15H2,(H,27,31). The Morgan fingerprint density at radius 1 is 1.03 bits per heavy atom. The van der Waals surface area contributed by atoms with Crippen molar-refractivity contribution in [2.75, 3.05) is 6.61 Å². The van der Waals surface area contributed by atoms with Crippen molar-refractivity contribution in [2.24, 2.45) is 5.10 Å². The molecule has 1 heterocycles. The summed E-state index contributed by atoms with van der Waals surface area (Å²) >= 11 is 5.91. The highest BCUT2D eigenvalue weighted by atomic mass is 35.5. The summed E-state index contributed by atoms with van der Waals surface area (Å²) < 4.78 is 12.9. The fraction of sp³-hybridized carbons (Fsp3) is 0.0870. The number of aromatic nitrogens is 4. The summed E-state index contributed by atoms with van der Waals surface area (Å²) in [5.74, 6) is 0.784. The Hall–Kier alpha value is -4.24. The van der Waals surface area contributed by atoms with Crippen molar-refractivity contribution in [2.45, 2.75) is 6.61 Å². The molecule has 3 aromatic carbocycles. The van der Waals surface area contributed by atoms with Crippen LogP contribution in [0.1, 0.15) is 11.1 Å². The van der Waals surface area contributed by atoms with Crippen LogP contribution in [0, 0.1) is 0 Å². The van der Waals surface area contributed by atoms with E-state index in [0.29, 0.717) is 23.1 Å². The molecule has 0 fully saturated rings. The summed E-state index contributed by atoms with van der Waals surface area (Å²) in [5.41, 5.74) is 4.94. The van der Waals surface area contributed by atoms with Crippen molar-refractivity contribution in [1.29, 1.82) is 0 Å². The molecule has 0 radical (unpaired) electrons. The van der Waals surface area contributed by atoms with Gasteiger partial charge in [0.25, 0.3) is 5.91 Å². The molecule has 1 aromatic heterocycles. The molecule has 4 aromatic rings. The zero-order chi connectivity index (χ0) is 22.9. The minimum absolute atomic E-state index is 0.184. The van der Waals surface area contributed by atoms with Crippen LogP contribution in [-0.4, -0.2) is 38.9 Å². The number of nitrogens with zero attached hydrogens (tertiary/aromatic N) is 5. The summed E-state index contributed by atoms with van der Waals surface area (Å²) in [6.45, 7) is 0.199. The van der Waals surface area contributed by atoms with Crippen LogP contribution in [-0.2, 0) is 11.4 Å². The quantitative estimate of drug-likeness (QED) is 0.302. The van der Waals surface area contributed by atoms with Crippen LogP contribution in [0.2, 0.25) is 5.02 Å². The highest BCUT2D eigenvalue weighted by Gasteiger charge is 2.05. The van der Waals surface area contributed by atoms with E-state index in [1.807, 2.05) is 48.5 Å². The van der Waals surface area contributed by atoms with Crippen molar-refractivity contribution >= 4 is 23.7 Å². The van der Waals surface area contributed by atoms with Crippen molar-refractivity contribution in [3.63, 3.8) is 0 Å². The number of halogens is 1. The monoisotopic (exact) mass is 462 g/mol. The summed E-state index contributed by atoms with van der Waals surface area (Å²) in [4.78, 5) is 12.1. The Morgan fingerprint density at radius 2 is 1.82 bits per heavy atom. The Morgan fingerprint density at radius 3 is 2.58 bits per heavy atom. The molecule has 0 spiro atoms. The largest absolute Gasteiger partial charge is 0.488 e. The van der Waals surface area contributed by atoms with Gasteiger partial charge in [0.2, 0.25) is 0 Å². The zero-order valence-electron chi connectivity index (χ0n) is 17.3. The predicted octanol–water partition coefficient (Wildman–Crippen LogP) is 3.42. The van der Waals surface area contributed by atoms with E-state index in [-0.39, 0.29) is 6.61 Å². The molecule has 33 heavy (non-hydrogen) atoms. The van der Waals surface area contributed by atoms with Gasteiger partial charge in [-0.3, -0.25) is 4.79 Å². The fourth-order valence-electron chi connectivity index (χ4n) is 2.79. The van der Waals surface area contributed by atoms with Crippen LogP contribution in [0.3, 0.4) is 0 Å². The molecule has 9 nitrogen and oxygen atoms in total. The van der Waals surface area contributed by atoms with Crippen molar-refractivity contribution in [1.82, 2.24) is 25.6 Å². The van der Waals surface area contributed by atoms with Crippen LogP contribution < -0.4 is 14.9 Å². The molecule has 0 unspecified atom stereocenters. The third-order valence-corrected chi connectivity index (χ3v) is 4.69. The van der Waals surface area contributed by atoms with Crippen LogP contribution in [0.15, 0.2) is 84.2 Å². The number of carbonyl (C=O) groups excluding carboxylic acids is 1. The highest BCUT2D eigenvalue weighted by molar-refractivity contribution is 6.30. The maximum absolute atomic E-state index is 12.1. The molecule has 0 aliphatic rings. The van der Waals surface area contributed by atoms with Gasteiger partial charge in [0, 0.05) is 10.6 Å². The average Bonchev–Trinajstić information content (AvgIpc) is 3.39. The van der Waals surface area contributed by atoms with Crippen LogP contribution in [0.25, 0.3) is 5.69 Å². The Bertz CT molecular complexity index is 1210. The Kier molecular flexibility index (Phi) is 7.24. The fourth-order valence-corrected chi connectivity index (χ4v) is 2.92. The van der Waals surface area contributed by atoms with E-state index in [1.54, 1.807) is 24.3 Å². The van der Waals surface area contributed by atoms with E-state index >= 15 is 0 Å². The molecule has 1 amide bonds. The minimum Gasteiger partial charge on any atom is -0.488 e. The molecular formula is C23H19ClN6O3. The first kappa shape index (κ1) is 22.0. The van der Waals surface area contributed by atoms with Crippen molar-refractivity contribution in [3.05, 3.63) is 95.3 Å². The van der Waals surface area contributed by atoms with Gasteiger partial charge in [0.05, 0.1) is 11.9 Å². The molecule has 166 valence electrons. The summed E-state index contributed by atoms with van der Waals surface area (Å²) in [6, 6.07) is 21.8. The number of rotatable bonds is 9. The molecule has 1 N–H and O–H groups in total. The third kappa shape index (κ3) is 6.37. The smallest absolute Gasteiger partial charge is 0.277 e. The molecular weight excluding hydrogens is 444 g/mol. The molecule has 0 saturated carbocycles. The third-order valence-electron chi connectivity index (χ3n) is 4.44. The maximum Gasteiger partial charge on any atom is 0.277 e. The molecule has 0 saturated heterocycles. The molecule has 0 aliphatic carbocycles. The van der Waals surface area contributed by atoms with E-state index in [4.69, 9.17) is 21.1 Å². The first-order valence-corrected chi connectivity index (χ1v) is 10.3. The van der Waals surface area contributed by atoms with Gasteiger partial charge in [-0.05, 0) is 64.5 Å². The van der Waals surface area contributed by atoms with Crippen molar-refractivity contribution < 1.29 is 14.3 Å². The van der Waals surface area contributed by atoms with Crippen LogP contribution in [0.4, 0.5) is 0 Å². The van der Waals surface area contributed by atoms with E-state index in [1.165, 1.54) is 17.2 Å². The first-order valence-electron chi connectivity index (χ1n) is 9.92. The Labute approximate surface area is 194 Å². The Balaban J connectivity index is 1.26. The van der Waals surface area contributed by atoms with E-state index < -0.39 is 5.91 Å². The number of carbonyl (C=O) groups is 1. The summed E-state index contributed by atoms with van der Waals surface area (Å²) in [7, 11) is 0. The SMILES string of the molecule is O=C(COc1ccc(-n2cnnn2)cc1)NN=Cc1ccccc1OCc1ccc(Cl)cc1. The number of hydrogen-bond donors (Lipinski definition) is 1. The second kappa shape index (κ2) is 10.9. The van der Waals surface area contributed by atoms with Gasteiger partial charge < -0.3 is 9.47 Å². The number of tetrazole rings is 1. The highest BCUT2D eigenvalue weighted by Crippen LogP contribution is 2.18. The van der Waals surface area contributed by atoms with Gasteiger partial charge in [0.1, 0.15) is 24.4 Å². The number of amides is 1. The lowest BCUT2D eigenvalue weighted by Gasteiger charge is -2.09. The maximum atomic E-state index is 12.1. The number of benzene rings is 3. The number of hydrogen-bond acceptors (Lipinski definition) is 7. The van der Waals surface area contributed by atoms with Gasteiger partial charge in [-0.2, -0.15) is 5.10 Å². The number of para-hydroxylation sites is 1. The number of nitrogens with one attached hydrogen (secondary N) is 1. The van der Waals surface area contributed by atoms with Crippen LogP contribution >= 0.6 is 11.6 Å². The number of ether oxygens (including phenoxy) is 2. The van der Waals surface area contributed by atoms with Gasteiger partial charge in [0.15, 0.2) is 6.61 Å². The zero-order valence-corrected chi connectivity index (χ0v) is 18.1. The molecule has 10 heteroatoms. The van der Waals surface area contributed by atoms with E-state index in [9.17, 15) is 4.79 Å². The van der Waals surface area contributed by atoms with Gasteiger partial charge in [-0.25, -0.2) is 10.1 Å². The lowest BCUT2D eigenvalue weighted by Crippen LogP contribution is -2.24. The summed E-state index contributed by atoms with van der Waals surface area (Å²) in [6.07, 6.45) is 3.01. The minimum atomic E-state index is -0.393. The normalized spacial score (nSPS) is 10.8. The molecule has 4 rings (SSSR count). The van der Waals surface area contributed by atoms with Crippen LogP contribution in [0.5, 0.6) is 11.5 Å². The lowest BCUT2D eigenvalue weighted by molar-refractivity contribution is -0.123. The predicted molar refractivity (Wildman–Crippen MR) is 123 cm³/mol. The lowest BCUT2D eigenvalue weighted by atomic mass is 10.2. The van der Waals surface area contributed by atoms with E-state index in [0.717, 1.165) is 16.8 Å². The topological polar surface area (TPSA) is 104 Å². The number of hydrazone groups is 1. The summed E-state index contributed by atoms with van der Waals surface area (Å²) in [5, 5.41) is 15.7. The first-order chi connectivity index (χ1) is 16.2. The van der Waals surface area contributed by atoms with Gasteiger partial charge >= 0.3 is 0 Å². The van der Waals surface area contributed by atoms with Gasteiger partial charge in [-0.1, -0.05) is 35.9 Å². The molecule has 0 aliphatic heterocycles. The second-order valence-corrected chi connectivity index (χ2v) is 7.22. The molecule has 0 atom stereocenters. The second-order valence-electron chi connectivity index (χ2n) is 6.78. The average molecular weight is 463 g/mol. The molecule has 0 bridgehead atoms.